The Balaban J connectivity index is 2.23. The van der Waals surface area contributed by atoms with Gasteiger partial charge in [0.2, 0.25) is 0 Å². The highest BCUT2D eigenvalue weighted by atomic mass is 19.1. The van der Waals surface area contributed by atoms with Crippen LogP contribution in [0, 0.1) is 5.82 Å². The monoisotopic (exact) mass is 266 g/mol. The molecule has 1 fully saturated rings. The van der Waals surface area contributed by atoms with Crippen LogP contribution in [0.1, 0.15) is 37.3 Å². The second kappa shape index (κ2) is 6.02. The van der Waals surface area contributed by atoms with E-state index in [2.05, 4.69) is 4.90 Å². The second-order valence-corrected chi connectivity index (χ2v) is 4.91. The topological polar surface area (TPSA) is 66.6 Å². The molecule has 4 nitrogen and oxygen atoms in total. The van der Waals surface area contributed by atoms with E-state index in [0.717, 1.165) is 31.6 Å². The molecule has 2 rings (SSSR count). The third-order valence-corrected chi connectivity index (χ3v) is 3.52. The Kier molecular flexibility index (Phi) is 4.37. The van der Waals surface area contributed by atoms with Gasteiger partial charge in [-0.25, -0.2) is 4.39 Å². The van der Waals surface area contributed by atoms with Crippen LogP contribution in [0.2, 0.25) is 0 Å². The van der Waals surface area contributed by atoms with Crippen molar-refractivity contribution in [1.82, 2.24) is 0 Å². The summed E-state index contributed by atoms with van der Waals surface area (Å²) in [5.74, 6) is -1.25. The summed E-state index contributed by atoms with van der Waals surface area (Å²) in [5.41, 5.74) is 7.25. The van der Waals surface area contributed by atoms with Crippen molar-refractivity contribution in [3.8, 4) is 0 Å². The summed E-state index contributed by atoms with van der Waals surface area (Å²) in [5, 5.41) is 8.70. The zero-order valence-electron chi connectivity index (χ0n) is 10.8. The number of carbonyl (C=O) groups is 1. The molecule has 5 heteroatoms. The smallest absolute Gasteiger partial charge is 0.303 e. The zero-order valence-corrected chi connectivity index (χ0v) is 10.8. The minimum atomic E-state index is -0.908. The Bertz CT molecular complexity index is 459. The van der Waals surface area contributed by atoms with Gasteiger partial charge in [-0.2, -0.15) is 0 Å². The van der Waals surface area contributed by atoms with Gasteiger partial charge in [-0.1, -0.05) is 6.07 Å². The maximum atomic E-state index is 14.0. The SMILES string of the molecule is NC(CCC(=O)O)c1c(F)cccc1N1CCCC1. The third-order valence-electron chi connectivity index (χ3n) is 3.52. The Morgan fingerprint density at radius 1 is 1.42 bits per heavy atom. The lowest BCUT2D eigenvalue weighted by Crippen LogP contribution is -2.23. The molecule has 0 amide bonds. The van der Waals surface area contributed by atoms with E-state index in [1.165, 1.54) is 6.07 Å². The van der Waals surface area contributed by atoms with Crippen LogP contribution < -0.4 is 10.6 Å². The summed E-state index contributed by atoms with van der Waals surface area (Å²) in [6.07, 6.45) is 2.40. The molecule has 0 spiro atoms. The van der Waals surface area contributed by atoms with Crippen molar-refractivity contribution in [2.75, 3.05) is 18.0 Å². The molecule has 1 aliphatic rings. The molecule has 1 saturated heterocycles. The summed E-state index contributed by atoms with van der Waals surface area (Å²) >= 11 is 0. The first-order valence-electron chi connectivity index (χ1n) is 6.60. The lowest BCUT2D eigenvalue weighted by atomic mass is 9.99. The van der Waals surface area contributed by atoms with Crippen molar-refractivity contribution in [2.45, 2.75) is 31.7 Å². The summed E-state index contributed by atoms with van der Waals surface area (Å²) in [6, 6.07) is 4.35. The molecule has 0 radical (unpaired) electrons. The fourth-order valence-electron chi connectivity index (χ4n) is 2.55. The second-order valence-electron chi connectivity index (χ2n) is 4.91. The fraction of sp³-hybridized carbons (Fsp3) is 0.500. The summed E-state index contributed by atoms with van der Waals surface area (Å²) in [6.45, 7) is 1.81. The van der Waals surface area contributed by atoms with E-state index in [1.54, 1.807) is 6.07 Å². The molecule has 1 aromatic rings. The van der Waals surface area contributed by atoms with Gasteiger partial charge in [-0.05, 0) is 31.4 Å². The number of hydrogen-bond donors (Lipinski definition) is 2. The molecule has 1 aromatic carbocycles. The number of aliphatic carboxylic acids is 1. The van der Waals surface area contributed by atoms with Gasteiger partial charge in [0, 0.05) is 36.8 Å². The van der Waals surface area contributed by atoms with E-state index in [4.69, 9.17) is 10.8 Å². The van der Waals surface area contributed by atoms with Gasteiger partial charge >= 0.3 is 5.97 Å². The van der Waals surface area contributed by atoms with Gasteiger partial charge in [-0.3, -0.25) is 4.79 Å². The normalized spacial score (nSPS) is 16.6. The van der Waals surface area contributed by atoms with E-state index >= 15 is 0 Å². The number of nitrogens with two attached hydrogens (primary N) is 1. The quantitative estimate of drug-likeness (QED) is 0.858. The van der Waals surface area contributed by atoms with Gasteiger partial charge < -0.3 is 15.7 Å². The van der Waals surface area contributed by atoms with Crippen LogP contribution in [0.5, 0.6) is 0 Å². The maximum Gasteiger partial charge on any atom is 0.303 e. The minimum Gasteiger partial charge on any atom is -0.481 e. The number of nitrogens with zero attached hydrogens (tertiary/aromatic N) is 1. The molecule has 104 valence electrons. The first-order valence-corrected chi connectivity index (χ1v) is 6.60. The number of rotatable bonds is 5. The van der Waals surface area contributed by atoms with Crippen LogP contribution in [0.3, 0.4) is 0 Å². The molecule has 1 heterocycles. The molecule has 1 aliphatic heterocycles. The predicted octanol–water partition coefficient (Wildman–Crippen LogP) is 2.29. The number of benzene rings is 1. The fourth-order valence-corrected chi connectivity index (χ4v) is 2.55. The van der Waals surface area contributed by atoms with Crippen molar-refractivity contribution in [1.29, 1.82) is 0 Å². The number of anilines is 1. The molecule has 0 saturated carbocycles. The third kappa shape index (κ3) is 3.23. The summed E-state index contributed by atoms with van der Waals surface area (Å²) < 4.78 is 14.0. The highest BCUT2D eigenvalue weighted by Crippen LogP contribution is 2.32. The predicted molar refractivity (Wildman–Crippen MR) is 71.6 cm³/mol. The Hall–Kier alpha value is -1.62. The molecule has 0 aromatic heterocycles. The highest BCUT2D eigenvalue weighted by molar-refractivity contribution is 5.67. The van der Waals surface area contributed by atoms with Crippen molar-refractivity contribution < 1.29 is 14.3 Å². The number of hydrogen-bond acceptors (Lipinski definition) is 3. The van der Waals surface area contributed by atoms with Gasteiger partial charge in [0.05, 0.1) is 0 Å². The molecular formula is C14H19FN2O2. The first kappa shape index (κ1) is 13.8. The minimum absolute atomic E-state index is 0.0467. The Morgan fingerprint density at radius 3 is 2.74 bits per heavy atom. The summed E-state index contributed by atoms with van der Waals surface area (Å²) in [7, 11) is 0. The van der Waals surface area contributed by atoms with Gasteiger partial charge in [0.15, 0.2) is 0 Å². The molecular weight excluding hydrogens is 247 g/mol. The zero-order chi connectivity index (χ0) is 13.8. The van der Waals surface area contributed by atoms with Crippen LogP contribution in [-0.2, 0) is 4.79 Å². The largest absolute Gasteiger partial charge is 0.481 e. The summed E-state index contributed by atoms with van der Waals surface area (Å²) in [4.78, 5) is 12.7. The number of halogens is 1. The van der Waals surface area contributed by atoms with Crippen molar-refractivity contribution in [3.63, 3.8) is 0 Å². The van der Waals surface area contributed by atoms with Crippen molar-refractivity contribution in [3.05, 3.63) is 29.6 Å². The maximum absolute atomic E-state index is 14.0. The number of carboxylic acids is 1. The van der Waals surface area contributed by atoms with Crippen LogP contribution >= 0.6 is 0 Å². The van der Waals surface area contributed by atoms with Crippen LogP contribution in [-0.4, -0.2) is 24.2 Å². The average Bonchev–Trinajstić information content (AvgIpc) is 2.89. The molecule has 3 N–H and O–H groups in total. The molecule has 0 bridgehead atoms. The molecule has 1 atom stereocenters. The first-order chi connectivity index (χ1) is 9.09. The van der Waals surface area contributed by atoms with Crippen LogP contribution in [0.4, 0.5) is 10.1 Å². The van der Waals surface area contributed by atoms with Crippen molar-refractivity contribution in [2.24, 2.45) is 5.73 Å². The van der Waals surface area contributed by atoms with Crippen LogP contribution in [0.15, 0.2) is 18.2 Å². The number of carboxylic acid groups (broad SMARTS) is 1. The van der Waals surface area contributed by atoms with Gasteiger partial charge in [0.1, 0.15) is 5.82 Å². The van der Waals surface area contributed by atoms with E-state index in [0.29, 0.717) is 5.56 Å². The molecule has 19 heavy (non-hydrogen) atoms. The average molecular weight is 266 g/mol. The standard InChI is InChI=1S/C14H19FN2O2/c15-10-4-3-5-12(17-8-1-2-9-17)14(10)11(16)6-7-13(18)19/h3-5,11H,1-2,6-9,16H2,(H,18,19). The van der Waals surface area contributed by atoms with Crippen LogP contribution in [0.25, 0.3) is 0 Å². The van der Waals surface area contributed by atoms with Gasteiger partial charge in [0.25, 0.3) is 0 Å². The van der Waals surface area contributed by atoms with E-state index in [9.17, 15) is 9.18 Å². The van der Waals surface area contributed by atoms with Crippen molar-refractivity contribution >= 4 is 11.7 Å². The van der Waals surface area contributed by atoms with E-state index in [1.807, 2.05) is 6.07 Å². The highest BCUT2D eigenvalue weighted by Gasteiger charge is 2.22. The van der Waals surface area contributed by atoms with Gasteiger partial charge in [-0.15, -0.1) is 0 Å². The Labute approximate surface area is 112 Å². The Morgan fingerprint density at radius 2 is 2.11 bits per heavy atom. The molecule has 0 aliphatic carbocycles. The van der Waals surface area contributed by atoms with E-state index < -0.39 is 12.0 Å². The lowest BCUT2D eigenvalue weighted by molar-refractivity contribution is -0.137. The lowest BCUT2D eigenvalue weighted by Gasteiger charge is -2.24. The van der Waals surface area contributed by atoms with E-state index in [-0.39, 0.29) is 18.7 Å². The molecule has 1 unspecified atom stereocenters.